The van der Waals surface area contributed by atoms with E-state index in [0.717, 1.165) is 13.8 Å². The van der Waals surface area contributed by atoms with E-state index in [9.17, 15) is 38.4 Å². The molecule has 1 fully saturated rings. The zero-order valence-electron chi connectivity index (χ0n) is 23.0. The van der Waals surface area contributed by atoms with Crippen LogP contribution in [0.4, 0.5) is 0 Å². The van der Waals surface area contributed by atoms with Gasteiger partial charge in [-0.25, -0.2) is 14.4 Å². The maximum Gasteiger partial charge on any atom is 0.377 e. The summed E-state index contributed by atoms with van der Waals surface area (Å²) in [7, 11) is 0. The van der Waals surface area contributed by atoms with Crippen LogP contribution in [0.1, 0.15) is 74.7 Å². The molecular weight excluding hydrogens is 526 g/mol. The topological polar surface area (TPSA) is 195 Å². The molecule has 0 N–H and O–H groups in total. The largest absolute Gasteiger partial charge is 0.460 e. The molecular formula is C24H33NO14. The number of imide groups is 1. The summed E-state index contributed by atoms with van der Waals surface area (Å²) in [5, 5.41) is 0.112. The van der Waals surface area contributed by atoms with Crippen LogP contribution in [0, 0.1) is 0 Å². The monoisotopic (exact) mass is 559 g/mol. The molecule has 0 aromatic heterocycles. The number of hydrogen-bond acceptors (Lipinski definition) is 14. The third-order valence-corrected chi connectivity index (χ3v) is 4.21. The molecule has 2 amide bonds. The highest BCUT2D eigenvalue weighted by molar-refractivity contribution is 6.02. The summed E-state index contributed by atoms with van der Waals surface area (Å²) in [6.07, 6.45) is -8.05. The van der Waals surface area contributed by atoms with Crippen molar-refractivity contribution in [2.75, 3.05) is 0 Å². The molecule has 0 saturated carbocycles. The zero-order chi connectivity index (χ0) is 30.3. The summed E-state index contributed by atoms with van der Waals surface area (Å²) in [6, 6.07) is 0. The van der Waals surface area contributed by atoms with E-state index >= 15 is 0 Å². The predicted molar refractivity (Wildman–Crippen MR) is 124 cm³/mol. The highest BCUT2D eigenvalue weighted by Gasteiger charge is 2.46. The van der Waals surface area contributed by atoms with Crippen LogP contribution in [0.15, 0.2) is 0 Å². The van der Waals surface area contributed by atoms with Crippen molar-refractivity contribution in [2.45, 2.75) is 104 Å². The second-order valence-corrected chi connectivity index (χ2v) is 10.3. The molecule has 0 aromatic carbocycles. The molecule has 1 aliphatic heterocycles. The van der Waals surface area contributed by atoms with E-state index in [1.165, 1.54) is 20.8 Å². The molecule has 1 heterocycles. The molecule has 0 spiro atoms. The quantitative estimate of drug-likeness (QED) is 0.203. The average Bonchev–Trinajstić information content (AvgIpc) is 3.04. The van der Waals surface area contributed by atoms with E-state index in [1.807, 2.05) is 0 Å². The molecule has 0 bridgehead atoms. The third kappa shape index (κ3) is 11.5. The standard InChI is InChI=1S/C24H33NO14/c1-12(26)34-18(19(35-13(2)27)22(33)39-25-15(28)9-10-16(25)29)21(32)36-14(20(31)38-24(6,7)8)11-17(30)37-23(3,4)5/h14,18-19H,9-11H2,1-8H3/t14?,18-,19-/m1/s1. The van der Waals surface area contributed by atoms with E-state index in [4.69, 9.17) is 28.5 Å². The molecule has 1 aliphatic rings. The summed E-state index contributed by atoms with van der Waals surface area (Å²) in [6.45, 7) is 10.9. The van der Waals surface area contributed by atoms with Gasteiger partial charge in [-0.05, 0) is 41.5 Å². The fourth-order valence-corrected chi connectivity index (χ4v) is 2.91. The number of carbonyl (C=O) groups is 8. The number of rotatable bonds is 10. The Hall–Kier alpha value is -4.04. The van der Waals surface area contributed by atoms with Gasteiger partial charge in [0.25, 0.3) is 11.8 Å². The van der Waals surface area contributed by atoms with Gasteiger partial charge < -0.3 is 28.5 Å². The SMILES string of the molecule is CC(=O)O[C@@H](C(=O)OC(CC(=O)OC(C)(C)C)C(=O)OC(C)(C)C)[C@@H](OC(C)=O)C(=O)ON1C(=O)CCC1=O. The Balaban J connectivity index is 3.33. The van der Waals surface area contributed by atoms with Crippen molar-refractivity contribution < 1.29 is 66.9 Å². The maximum atomic E-state index is 13.1. The van der Waals surface area contributed by atoms with E-state index in [2.05, 4.69) is 0 Å². The van der Waals surface area contributed by atoms with E-state index in [-0.39, 0.29) is 17.9 Å². The van der Waals surface area contributed by atoms with Crippen molar-refractivity contribution in [3.63, 3.8) is 0 Å². The molecule has 0 aliphatic carbocycles. The third-order valence-electron chi connectivity index (χ3n) is 4.21. The molecule has 3 atom stereocenters. The highest BCUT2D eigenvalue weighted by atomic mass is 16.7. The molecule has 39 heavy (non-hydrogen) atoms. The number of esters is 5. The van der Waals surface area contributed by atoms with Crippen LogP contribution in [-0.4, -0.2) is 82.2 Å². The normalized spacial score (nSPS) is 15.9. The molecule has 218 valence electrons. The van der Waals surface area contributed by atoms with E-state index < -0.39 is 83.6 Å². The number of hydroxylamine groups is 2. The second-order valence-electron chi connectivity index (χ2n) is 10.3. The minimum absolute atomic E-state index is 0.112. The van der Waals surface area contributed by atoms with Gasteiger partial charge in [0.05, 0.1) is 6.42 Å². The fraction of sp³-hybridized carbons (Fsp3) is 0.667. The summed E-state index contributed by atoms with van der Waals surface area (Å²) >= 11 is 0. The lowest BCUT2D eigenvalue weighted by molar-refractivity contribution is -0.215. The number of ether oxygens (including phenoxy) is 5. The van der Waals surface area contributed by atoms with Gasteiger partial charge in [0.1, 0.15) is 11.2 Å². The van der Waals surface area contributed by atoms with Crippen molar-refractivity contribution >= 4 is 47.6 Å². The number of carbonyl (C=O) groups excluding carboxylic acids is 8. The van der Waals surface area contributed by atoms with Gasteiger partial charge >= 0.3 is 35.8 Å². The lowest BCUT2D eigenvalue weighted by atomic mass is 10.1. The predicted octanol–water partition coefficient (Wildman–Crippen LogP) is 0.442. The minimum Gasteiger partial charge on any atom is -0.460 e. The zero-order valence-corrected chi connectivity index (χ0v) is 23.0. The van der Waals surface area contributed by atoms with Gasteiger partial charge in [0.15, 0.2) is 0 Å². The van der Waals surface area contributed by atoms with Gasteiger partial charge in [0.2, 0.25) is 18.3 Å². The number of amides is 2. The first-order valence-corrected chi connectivity index (χ1v) is 11.8. The Morgan fingerprint density at radius 1 is 0.692 bits per heavy atom. The first kappa shape index (κ1) is 33.0. The molecule has 15 heteroatoms. The molecule has 1 unspecified atom stereocenters. The van der Waals surface area contributed by atoms with E-state index in [1.54, 1.807) is 20.8 Å². The van der Waals surface area contributed by atoms with Crippen LogP contribution in [0.25, 0.3) is 0 Å². The Morgan fingerprint density at radius 3 is 1.54 bits per heavy atom. The van der Waals surface area contributed by atoms with Crippen molar-refractivity contribution in [2.24, 2.45) is 0 Å². The van der Waals surface area contributed by atoms with Crippen LogP contribution in [-0.2, 0) is 66.9 Å². The number of hydrogen-bond donors (Lipinski definition) is 0. The summed E-state index contributed by atoms with van der Waals surface area (Å²) in [5.41, 5.74) is -2.04. The lowest BCUT2D eigenvalue weighted by Gasteiger charge is -2.28. The summed E-state index contributed by atoms with van der Waals surface area (Å²) in [4.78, 5) is 103. The number of nitrogens with zero attached hydrogens (tertiary/aromatic N) is 1. The van der Waals surface area contributed by atoms with Crippen molar-refractivity contribution in [1.82, 2.24) is 5.06 Å². The van der Waals surface area contributed by atoms with Crippen molar-refractivity contribution in [1.29, 1.82) is 0 Å². The fourth-order valence-electron chi connectivity index (χ4n) is 2.91. The van der Waals surface area contributed by atoms with Gasteiger partial charge in [-0.1, -0.05) is 0 Å². The summed E-state index contributed by atoms with van der Waals surface area (Å²) < 4.78 is 25.1. The van der Waals surface area contributed by atoms with Crippen LogP contribution < -0.4 is 0 Å². The van der Waals surface area contributed by atoms with Gasteiger partial charge in [-0.3, -0.25) is 24.0 Å². The van der Waals surface area contributed by atoms with Crippen LogP contribution in [0.2, 0.25) is 0 Å². The minimum atomic E-state index is -2.38. The van der Waals surface area contributed by atoms with Crippen molar-refractivity contribution in [3.8, 4) is 0 Å². The van der Waals surface area contributed by atoms with Crippen LogP contribution in [0.5, 0.6) is 0 Å². The van der Waals surface area contributed by atoms with E-state index in [0.29, 0.717) is 0 Å². The Bertz CT molecular complexity index is 1000. The molecule has 15 nitrogen and oxygen atoms in total. The first-order chi connectivity index (χ1) is 17.7. The molecule has 0 aromatic rings. The van der Waals surface area contributed by atoms with Gasteiger partial charge in [-0.2, -0.15) is 0 Å². The Kier molecular flexibility index (Phi) is 11.1. The smallest absolute Gasteiger partial charge is 0.377 e. The highest BCUT2D eigenvalue weighted by Crippen LogP contribution is 2.20. The Morgan fingerprint density at radius 2 is 1.13 bits per heavy atom. The molecule has 1 saturated heterocycles. The average molecular weight is 560 g/mol. The van der Waals surface area contributed by atoms with Crippen LogP contribution >= 0.6 is 0 Å². The molecule has 1 rings (SSSR count). The Labute approximate surface area is 224 Å². The second kappa shape index (κ2) is 13.2. The molecule has 0 radical (unpaired) electrons. The van der Waals surface area contributed by atoms with Gasteiger partial charge in [-0.15, -0.1) is 5.06 Å². The van der Waals surface area contributed by atoms with Crippen molar-refractivity contribution in [3.05, 3.63) is 0 Å². The summed E-state index contributed by atoms with van der Waals surface area (Å²) in [5.74, 6) is -9.48. The lowest BCUT2D eigenvalue weighted by Crippen LogP contribution is -2.50. The van der Waals surface area contributed by atoms with Crippen LogP contribution in [0.3, 0.4) is 0 Å². The van der Waals surface area contributed by atoms with Gasteiger partial charge in [0, 0.05) is 26.7 Å². The first-order valence-electron chi connectivity index (χ1n) is 11.8. The maximum absolute atomic E-state index is 13.1.